The molecule has 1 amide bonds. The zero-order chi connectivity index (χ0) is 22.3. The molecule has 1 saturated carbocycles. The predicted molar refractivity (Wildman–Crippen MR) is 109 cm³/mol. The van der Waals surface area contributed by atoms with Crippen LogP contribution in [-0.2, 0) is 17.4 Å². The smallest absolute Gasteiger partial charge is 0.363 e. The number of carbonyl (C=O) groups excluding carboxylic acids is 1. The van der Waals surface area contributed by atoms with Gasteiger partial charge in [-0.15, -0.1) is 0 Å². The van der Waals surface area contributed by atoms with Crippen molar-refractivity contribution in [2.24, 2.45) is 0 Å². The molecule has 1 aromatic heterocycles. The first-order valence-corrected chi connectivity index (χ1v) is 10.0. The summed E-state index contributed by atoms with van der Waals surface area (Å²) in [5.74, 6) is 0.539. The normalized spacial score (nSPS) is 16.1. The molecule has 1 aliphatic carbocycles. The predicted octanol–water partition coefficient (Wildman–Crippen LogP) is 5.15. The van der Waals surface area contributed by atoms with E-state index in [1.165, 1.54) is 13.0 Å². The van der Waals surface area contributed by atoms with E-state index in [-0.39, 0.29) is 28.6 Å². The molecule has 0 radical (unpaired) electrons. The summed E-state index contributed by atoms with van der Waals surface area (Å²) in [6.07, 6.45) is -2.61. The van der Waals surface area contributed by atoms with Crippen molar-refractivity contribution < 1.29 is 18.0 Å². The third-order valence-electron chi connectivity index (χ3n) is 5.35. The largest absolute Gasteiger partial charge is 0.416 e. The number of benzene rings is 1. The summed E-state index contributed by atoms with van der Waals surface area (Å²) in [5, 5.41) is 6.24. The summed E-state index contributed by atoms with van der Waals surface area (Å²) >= 11 is 6.29. The zero-order valence-electron chi connectivity index (χ0n) is 17.2. The van der Waals surface area contributed by atoms with Gasteiger partial charge in [0, 0.05) is 11.1 Å². The molecular formula is C21H24ClF3N4O. The number of anilines is 1. The van der Waals surface area contributed by atoms with Crippen LogP contribution >= 0.6 is 11.6 Å². The molecule has 30 heavy (non-hydrogen) atoms. The summed E-state index contributed by atoms with van der Waals surface area (Å²) in [6, 6.07) is 3.58. The van der Waals surface area contributed by atoms with E-state index in [4.69, 9.17) is 11.6 Å². The van der Waals surface area contributed by atoms with E-state index in [0.29, 0.717) is 22.8 Å². The second kappa shape index (κ2) is 8.06. The number of rotatable bonds is 6. The van der Waals surface area contributed by atoms with E-state index >= 15 is 0 Å². The third kappa shape index (κ3) is 5.03. The first-order valence-electron chi connectivity index (χ1n) is 9.67. The number of hydrogen-bond acceptors (Lipinski definition) is 4. The van der Waals surface area contributed by atoms with E-state index in [0.717, 1.165) is 18.9 Å². The molecule has 0 unspecified atom stereocenters. The number of hydrogen-bond donors (Lipinski definition) is 2. The summed E-state index contributed by atoms with van der Waals surface area (Å²) < 4.78 is 39.8. The lowest BCUT2D eigenvalue weighted by Gasteiger charge is -2.22. The Kier molecular flexibility index (Phi) is 6.00. The number of aromatic nitrogens is 2. The molecule has 1 heterocycles. The van der Waals surface area contributed by atoms with Crippen LogP contribution in [0.1, 0.15) is 60.8 Å². The molecule has 1 aromatic carbocycles. The van der Waals surface area contributed by atoms with Gasteiger partial charge in [0.1, 0.15) is 16.8 Å². The lowest BCUT2D eigenvalue weighted by Crippen LogP contribution is -2.35. The van der Waals surface area contributed by atoms with E-state index in [1.807, 2.05) is 6.92 Å². The Hall–Kier alpha value is -2.35. The van der Waals surface area contributed by atoms with E-state index in [9.17, 15) is 18.0 Å². The van der Waals surface area contributed by atoms with Gasteiger partial charge < -0.3 is 10.6 Å². The van der Waals surface area contributed by atoms with Gasteiger partial charge in [0.15, 0.2) is 0 Å². The highest BCUT2D eigenvalue weighted by Crippen LogP contribution is 2.36. The molecular weight excluding hydrogens is 417 g/mol. The molecule has 3 rings (SSSR count). The fourth-order valence-electron chi connectivity index (χ4n) is 3.40. The Balaban J connectivity index is 1.88. The number of halogens is 4. The Morgan fingerprint density at radius 2 is 1.93 bits per heavy atom. The third-order valence-corrected chi connectivity index (χ3v) is 5.66. The number of nitrogens with one attached hydrogen (secondary N) is 2. The molecule has 0 bridgehead atoms. The van der Waals surface area contributed by atoms with Gasteiger partial charge in [-0.25, -0.2) is 9.97 Å². The number of amides is 1. The minimum absolute atomic E-state index is 0.0225. The van der Waals surface area contributed by atoms with Crippen LogP contribution in [0.5, 0.6) is 0 Å². The topological polar surface area (TPSA) is 66.9 Å². The Morgan fingerprint density at radius 1 is 1.27 bits per heavy atom. The average molecular weight is 441 g/mol. The van der Waals surface area contributed by atoms with Gasteiger partial charge in [0.05, 0.1) is 18.0 Å². The fraction of sp³-hybridized carbons (Fsp3) is 0.476. The Labute approximate surface area is 178 Å². The van der Waals surface area contributed by atoms with Crippen LogP contribution in [0.3, 0.4) is 0 Å². The number of alkyl halides is 3. The van der Waals surface area contributed by atoms with Crippen molar-refractivity contribution in [3.63, 3.8) is 0 Å². The van der Waals surface area contributed by atoms with Crippen molar-refractivity contribution >= 4 is 23.3 Å². The van der Waals surface area contributed by atoms with Crippen molar-refractivity contribution in [2.45, 2.75) is 64.7 Å². The van der Waals surface area contributed by atoms with Crippen molar-refractivity contribution in [1.29, 1.82) is 0 Å². The van der Waals surface area contributed by atoms with E-state index < -0.39 is 17.8 Å². The molecule has 162 valence electrons. The zero-order valence-corrected chi connectivity index (χ0v) is 18.0. The molecule has 1 atom stereocenters. The highest BCUT2D eigenvalue weighted by Gasteiger charge is 2.39. The molecule has 9 heteroatoms. The van der Waals surface area contributed by atoms with Gasteiger partial charge in [-0.3, -0.25) is 4.79 Å². The first-order chi connectivity index (χ1) is 13.9. The minimum atomic E-state index is -4.43. The summed E-state index contributed by atoms with van der Waals surface area (Å²) in [5.41, 5.74) is 0.190. The maximum atomic E-state index is 13.3. The highest BCUT2D eigenvalue weighted by molar-refractivity contribution is 6.30. The van der Waals surface area contributed by atoms with Gasteiger partial charge >= 0.3 is 6.18 Å². The second-order valence-corrected chi connectivity index (χ2v) is 8.42. The summed E-state index contributed by atoms with van der Waals surface area (Å²) in [4.78, 5) is 20.9. The molecule has 5 nitrogen and oxygen atoms in total. The quantitative estimate of drug-likeness (QED) is 0.609. The monoisotopic (exact) mass is 440 g/mol. The van der Waals surface area contributed by atoms with Gasteiger partial charge in [-0.2, -0.15) is 13.2 Å². The lowest BCUT2D eigenvalue weighted by molar-refractivity contribution is -0.138. The van der Waals surface area contributed by atoms with Crippen LogP contribution < -0.4 is 10.6 Å². The molecule has 0 aliphatic heterocycles. The SMILES string of the molecule is Cc1nc(Cl)c(CC(=O)NC2(C)CC2)c(N[C@H](C)c2cccc(C(F)(F)F)c2C)n1. The van der Waals surface area contributed by atoms with Crippen LogP contribution in [0.15, 0.2) is 18.2 Å². The second-order valence-electron chi connectivity index (χ2n) is 8.06. The minimum Gasteiger partial charge on any atom is -0.363 e. The van der Waals surface area contributed by atoms with Gasteiger partial charge in [-0.05, 0) is 57.7 Å². The standard InChI is InChI=1S/C21H24ClF3N4O/c1-11-14(6-5-7-16(11)21(23,24)25)12(2)26-19-15(18(22)27-13(3)28-19)10-17(30)29-20(4)8-9-20/h5-7,12H,8-10H2,1-4H3,(H,29,30)(H,26,27,28)/t12-/m1/s1. The van der Waals surface area contributed by atoms with Crippen LogP contribution in [0.25, 0.3) is 0 Å². The van der Waals surface area contributed by atoms with Gasteiger partial charge in [-0.1, -0.05) is 23.7 Å². The molecule has 0 spiro atoms. The molecule has 1 aliphatic rings. The number of nitrogens with zero attached hydrogens (tertiary/aromatic N) is 2. The van der Waals surface area contributed by atoms with Gasteiger partial charge in [0.2, 0.25) is 5.91 Å². The van der Waals surface area contributed by atoms with Crippen LogP contribution in [-0.4, -0.2) is 21.4 Å². The van der Waals surface area contributed by atoms with Crippen LogP contribution in [0, 0.1) is 13.8 Å². The fourth-order valence-corrected chi connectivity index (χ4v) is 3.68. The lowest BCUT2D eigenvalue weighted by atomic mass is 9.97. The van der Waals surface area contributed by atoms with E-state index in [1.54, 1.807) is 19.9 Å². The van der Waals surface area contributed by atoms with Gasteiger partial charge in [0.25, 0.3) is 0 Å². The molecule has 2 N–H and O–H groups in total. The molecule has 1 fully saturated rings. The van der Waals surface area contributed by atoms with Crippen molar-refractivity contribution in [3.8, 4) is 0 Å². The summed E-state index contributed by atoms with van der Waals surface area (Å²) in [7, 11) is 0. The Bertz CT molecular complexity index is 973. The molecule has 2 aromatic rings. The van der Waals surface area contributed by atoms with Crippen LogP contribution in [0.2, 0.25) is 5.15 Å². The Morgan fingerprint density at radius 3 is 2.53 bits per heavy atom. The maximum Gasteiger partial charge on any atom is 0.416 e. The highest BCUT2D eigenvalue weighted by atomic mass is 35.5. The number of carbonyl (C=O) groups is 1. The van der Waals surface area contributed by atoms with Crippen LogP contribution in [0.4, 0.5) is 19.0 Å². The number of aryl methyl sites for hydroxylation is 1. The molecule has 0 saturated heterocycles. The van der Waals surface area contributed by atoms with Crippen molar-refractivity contribution in [1.82, 2.24) is 15.3 Å². The summed E-state index contributed by atoms with van der Waals surface area (Å²) in [6.45, 7) is 6.81. The first kappa shape index (κ1) is 22.3. The average Bonchev–Trinajstić information content (AvgIpc) is 3.33. The maximum absolute atomic E-state index is 13.3. The van der Waals surface area contributed by atoms with Crippen molar-refractivity contribution in [3.05, 3.63) is 51.4 Å². The van der Waals surface area contributed by atoms with E-state index in [2.05, 4.69) is 20.6 Å². The van der Waals surface area contributed by atoms with Crippen molar-refractivity contribution in [2.75, 3.05) is 5.32 Å².